The van der Waals surface area contributed by atoms with Crippen LogP contribution < -0.4 is 5.32 Å². The minimum Gasteiger partial charge on any atom is -0.320 e. The first-order valence-electron chi connectivity index (χ1n) is 7.27. The Labute approximate surface area is 138 Å². The Bertz CT molecular complexity index is 814. The molecule has 2 aromatic heterocycles. The van der Waals surface area contributed by atoms with Gasteiger partial charge in [-0.25, -0.2) is 4.98 Å². The Kier molecular flexibility index (Phi) is 4.43. The van der Waals surface area contributed by atoms with E-state index in [-0.39, 0.29) is 5.91 Å². The first kappa shape index (κ1) is 15.3. The van der Waals surface area contributed by atoms with Crippen LogP contribution >= 0.6 is 11.3 Å². The fraction of sp³-hybridized carbons (Fsp3) is 0.176. The second-order valence-corrected chi connectivity index (χ2v) is 6.18. The molecule has 0 aliphatic rings. The molecule has 1 amide bonds. The zero-order valence-electron chi connectivity index (χ0n) is 12.9. The van der Waals surface area contributed by atoms with Crippen molar-refractivity contribution in [1.82, 2.24) is 15.0 Å². The molecule has 3 aromatic rings. The molecule has 1 N–H and O–H groups in total. The average Bonchev–Trinajstić information content (AvgIpc) is 3.06. The Balaban J connectivity index is 1.81. The summed E-state index contributed by atoms with van der Waals surface area (Å²) < 4.78 is 0. The molecule has 5 nitrogen and oxygen atoms in total. The van der Waals surface area contributed by atoms with Gasteiger partial charge < -0.3 is 5.32 Å². The summed E-state index contributed by atoms with van der Waals surface area (Å²) in [6.07, 6.45) is 4.84. The van der Waals surface area contributed by atoms with Gasteiger partial charge in [-0.1, -0.05) is 32.0 Å². The van der Waals surface area contributed by atoms with Gasteiger partial charge in [-0.3, -0.25) is 14.8 Å². The van der Waals surface area contributed by atoms with Crippen LogP contribution in [0.2, 0.25) is 0 Å². The van der Waals surface area contributed by atoms with Crippen molar-refractivity contribution in [3.63, 3.8) is 0 Å². The standard InChI is InChI=1S/C17H16N4OS/c1-11(2)12-5-3-4-6-13(12)20-16(22)15-10-23-17(21-15)14-9-18-7-8-19-14/h3-11H,1-2H3,(H,20,22). The van der Waals surface area contributed by atoms with Crippen LogP contribution in [-0.4, -0.2) is 20.9 Å². The number of hydrogen-bond acceptors (Lipinski definition) is 5. The monoisotopic (exact) mass is 324 g/mol. The largest absolute Gasteiger partial charge is 0.320 e. The first-order chi connectivity index (χ1) is 11.1. The number of amides is 1. The molecule has 1 aromatic carbocycles. The number of anilines is 1. The highest BCUT2D eigenvalue weighted by molar-refractivity contribution is 7.13. The van der Waals surface area contributed by atoms with Gasteiger partial charge in [0, 0.05) is 23.5 Å². The summed E-state index contributed by atoms with van der Waals surface area (Å²) in [6, 6.07) is 7.81. The summed E-state index contributed by atoms with van der Waals surface area (Å²) in [5.74, 6) is 0.113. The lowest BCUT2D eigenvalue weighted by Crippen LogP contribution is -2.14. The summed E-state index contributed by atoms with van der Waals surface area (Å²) in [7, 11) is 0. The predicted molar refractivity (Wildman–Crippen MR) is 91.6 cm³/mol. The molecular weight excluding hydrogens is 308 g/mol. The molecule has 0 atom stereocenters. The van der Waals surface area contributed by atoms with Gasteiger partial charge in [0.15, 0.2) is 0 Å². The number of carbonyl (C=O) groups is 1. The van der Waals surface area contributed by atoms with Crippen molar-refractivity contribution in [2.24, 2.45) is 0 Å². The molecule has 0 spiro atoms. The fourth-order valence-electron chi connectivity index (χ4n) is 2.21. The molecule has 0 saturated carbocycles. The van der Waals surface area contributed by atoms with E-state index < -0.39 is 0 Å². The third-order valence-electron chi connectivity index (χ3n) is 3.35. The number of nitrogens with one attached hydrogen (secondary N) is 1. The molecule has 0 bridgehead atoms. The maximum absolute atomic E-state index is 12.4. The van der Waals surface area contributed by atoms with Crippen LogP contribution in [0.15, 0.2) is 48.2 Å². The molecular formula is C17H16N4OS. The number of benzene rings is 1. The van der Waals surface area contributed by atoms with Crippen LogP contribution in [-0.2, 0) is 0 Å². The summed E-state index contributed by atoms with van der Waals surface area (Å²) in [4.78, 5) is 25.0. The second-order valence-electron chi connectivity index (χ2n) is 5.32. The zero-order valence-corrected chi connectivity index (χ0v) is 13.7. The molecule has 0 fully saturated rings. The molecule has 0 saturated heterocycles. The SMILES string of the molecule is CC(C)c1ccccc1NC(=O)c1csc(-c2cnccn2)n1. The van der Waals surface area contributed by atoms with Crippen LogP contribution in [0.4, 0.5) is 5.69 Å². The highest BCUT2D eigenvalue weighted by atomic mass is 32.1. The van der Waals surface area contributed by atoms with Crippen LogP contribution in [0.1, 0.15) is 35.8 Å². The van der Waals surface area contributed by atoms with Crippen molar-refractivity contribution in [2.75, 3.05) is 5.32 Å². The zero-order chi connectivity index (χ0) is 16.2. The summed E-state index contributed by atoms with van der Waals surface area (Å²) in [6.45, 7) is 4.19. The predicted octanol–water partition coefficient (Wildman–Crippen LogP) is 3.98. The normalized spacial score (nSPS) is 10.7. The van der Waals surface area contributed by atoms with Crippen molar-refractivity contribution < 1.29 is 4.79 Å². The van der Waals surface area contributed by atoms with E-state index in [9.17, 15) is 4.79 Å². The highest BCUT2D eigenvalue weighted by Gasteiger charge is 2.15. The molecule has 116 valence electrons. The van der Waals surface area contributed by atoms with E-state index in [1.807, 2.05) is 24.3 Å². The van der Waals surface area contributed by atoms with Gasteiger partial charge in [-0.05, 0) is 17.5 Å². The number of hydrogen-bond donors (Lipinski definition) is 1. The van der Waals surface area contributed by atoms with Crippen LogP contribution in [0.5, 0.6) is 0 Å². The van der Waals surface area contributed by atoms with Gasteiger partial charge >= 0.3 is 0 Å². The molecule has 0 unspecified atom stereocenters. The summed E-state index contributed by atoms with van der Waals surface area (Å²) in [5.41, 5.74) is 2.97. The van der Waals surface area contributed by atoms with Gasteiger partial charge in [0.2, 0.25) is 0 Å². The molecule has 23 heavy (non-hydrogen) atoms. The summed E-state index contributed by atoms with van der Waals surface area (Å²) in [5, 5.41) is 5.36. The van der Waals surface area contributed by atoms with Gasteiger partial charge in [0.1, 0.15) is 16.4 Å². The van der Waals surface area contributed by atoms with E-state index in [1.54, 1.807) is 24.0 Å². The maximum atomic E-state index is 12.4. The van der Waals surface area contributed by atoms with Crippen LogP contribution in [0.3, 0.4) is 0 Å². The van der Waals surface area contributed by atoms with Crippen molar-refractivity contribution >= 4 is 22.9 Å². The number of aromatic nitrogens is 3. The molecule has 2 heterocycles. The number of carbonyl (C=O) groups excluding carboxylic acids is 1. The Morgan fingerprint density at radius 2 is 2.04 bits per heavy atom. The fourth-order valence-corrected chi connectivity index (χ4v) is 2.97. The van der Waals surface area contributed by atoms with Gasteiger partial charge in [-0.2, -0.15) is 0 Å². The van der Waals surface area contributed by atoms with Gasteiger partial charge in [0.05, 0.1) is 6.20 Å². The molecule has 6 heteroatoms. The molecule has 0 aliphatic carbocycles. The van der Waals surface area contributed by atoms with Crippen molar-refractivity contribution in [3.05, 3.63) is 59.5 Å². The van der Waals surface area contributed by atoms with E-state index in [0.717, 1.165) is 11.3 Å². The van der Waals surface area contributed by atoms with Crippen LogP contribution in [0.25, 0.3) is 10.7 Å². The number of thiazole rings is 1. The van der Waals surface area contributed by atoms with E-state index in [4.69, 9.17) is 0 Å². The van der Waals surface area contributed by atoms with Crippen molar-refractivity contribution in [3.8, 4) is 10.7 Å². The Hall–Kier alpha value is -2.60. The molecule has 3 rings (SSSR count). The third-order valence-corrected chi connectivity index (χ3v) is 4.21. The van der Waals surface area contributed by atoms with E-state index >= 15 is 0 Å². The smallest absolute Gasteiger partial charge is 0.275 e. The van der Waals surface area contributed by atoms with Gasteiger partial charge in [0.25, 0.3) is 5.91 Å². The lowest BCUT2D eigenvalue weighted by atomic mass is 10.0. The highest BCUT2D eigenvalue weighted by Crippen LogP contribution is 2.25. The van der Waals surface area contributed by atoms with E-state index in [0.29, 0.717) is 22.3 Å². The quantitative estimate of drug-likeness (QED) is 0.788. The van der Waals surface area contributed by atoms with Gasteiger partial charge in [-0.15, -0.1) is 11.3 Å². The first-order valence-corrected chi connectivity index (χ1v) is 8.15. The number of para-hydroxylation sites is 1. The number of rotatable bonds is 4. The maximum Gasteiger partial charge on any atom is 0.275 e. The minimum atomic E-state index is -0.218. The minimum absolute atomic E-state index is 0.218. The van der Waals surface area contributed by atoms with Crippen LogP contribution in [0, 0.1) is 0 Å². The topological polar surface area (TPSA) is 67.8 Å². The lowest BCUT2D eigenvalue weighted by Gasteiger charge is -2.12. The lowest BCUT2D eigenvalue weighted by molar-refractivity contribution is 0.102. The molecule has 0 aliphatic heterocycles. The third kappa shape index (κ3) is 3.43. The summed E-state index contributed by atoms with van der Waals surface area (Å²) >= 11 is 1.38. The van der Waals surface area contributed by atoms with E-state index in [1.165, 1.54) is 11.3 Å². The van der Waals surface area contributed by atoms with E-state index in [2.05, 4.69) is 34.1 Å². The van der Waals surface area contributed by atoms with Crippen molar-refractivity contribution in [2.45, 2.75) is 19.8 Å². The number of nitrogens with zero attached hydrogens (tertiary/aromatic N) is 3. The second kappa shape index (κ2) is 6.66. The Morgan fingerprint density at radius 1 is 1.22 bits per heavy atom. The molecule has 0 radical (unpaired) electrons. The average molecular weight is 324 g/mol. The van der Waals surface area contributed by atoms with Crippen molar-refractivity contribution in [1.29, 1.82) is 0 Å². The Morgan fingerprint density at radius 3 is 2.78 bits per heavy atom.